The number of anilines is 2. The predicted octanol–water partition coefficient (Wildman–Crippen LogP) is 3.20. The summed E-state index contributed by atoms with van der Waals surface area (Å²) in [6, 6.07) is 11.0. The van der Waals surface area contributed by atoms with Crippen molar-refractivity contribution >= 4 is 34.2 Å². The average molecular weight is 470 g/mol. The molecule has 2 N–H and O–H groups in total. The molecule has 0 fully saturated rings. The first-order valence-electron chi connectivity index (χ1n) is 9.90. The lowest BCUT2D eigenvalue weighted by atomic mass is 10.2. The zero-order chi connectivity index (χ0) is 24.5. The Kier molecular flexibility index (Phi) is 5.88. The molecule has 9 nitrogen and oxygen atoms in total. The normalized spacial score (nSPS) is 11.4. The lowest BCUT2D eigenvalue weighted by Gasteiger charge is -2.10. The Morgan fingerprint density at radius 3 is 2.44 bits per heavy atom. The minimum absolute atomic E-state index is 0.0420. The Hall–Kier alpha value is -4.48. The number of hydrogen-bond donors (Lipinski definition) is 2. The highest BCUT2D eigenvalue weighted by molar-refractivity contribution is 5.93. The van der Waals surface area contributed by atoms with Gasteiger partial charge in [0.25, 0.3) is 5.56 Å². The number of halogens is 3. The number of nitrogens with zero attached hydrogens (tertiary/aromatic N) is 4. The van der Waals surface area contributed by atoms with Crippen LogP contribution in [0.15, 0.2) is 65.8 Å². The Morgan fingerprint density at radius 1 is 1.03 bits per heavy atom. The molecule has 2 aromatic heterocycles. The van der Waals surface area contributed by atoms with Crippen LogP contribution < -0.4 is 16.2 Å². The SMILES string of the molecule is CC(=O)Nc1cccc(NC(=O)Cn2cnc3c(cnn3-c3cccc(C(F)(F)F)c3)c2=O)c1. The summed E-state index contributed by atoms with van der Waals surface area (Å²) in [5.41, 5.74) is -0.384. The fraction of sp³-hybridized carbons (Fsp3) is 0.136. The molecule has 34 heavy (non-hydrogen) atoms. The highest BCUT2D eigenvalue weighted by atomic mass is 19.4. The third kappa shape index (κ3) is 4.80. The van der Waals surface area contributed by atoms with E-state index in [4.69, 9.17) is 0 Å². The van der Waals surface area contributed by atoms with Crippen LogP contribution in [-0.4, -0.2) is 31.1 Å². The van der Waals surface area contributed by atoms with Crippen molar-refractivity contribution in [3.63, 3.8) is 0 Å². The molecule has 4 rings (SSSR count). The van der Waals surface area contributed by atoms with Crippen LogP contribution in [0, 0.1) is 0 Å². The van der Waals surface area contributed by atoms with Crippen molar-refractivity contribution in [2.45, 2.75) is 19.6 Å². The smallest absolute Gasteiger partial charge is 0.326 e. The summed E-state index contributed by atoms with van der Waals surface area (Å²) in [5, 5.41) is 9.27. The Balaban J connectivity index is 1.57. The van der Waals surface area contributed by atoms with Crippen LogP contribution in [-0.2, 0) is 22.3 Å². The van der Waals surface area contributed by atoms with Gasteiger partial charge in [-0.2, -0.15) is 18.3 Å². The van der Waals surface area contributed by atoms with E-state index in [1.165, 1.54) is 25.3 Å². The van der Waals surface area contributed by atoms with Crippen molar-refractivity contribution < 1.29 is 22.8 Å². The molecule has 0 atom stereocenters. The van der Waals surface area contributed by atoms with Gasteiger partial charge < -0.3 is 10.6 Å². The number of rotatable bonds is 5. The van der Waals surface area contributed by atoms with E-state index in [1.807, 2.05) is 0 Å². The van der Waals surface area contributed by atoms with E-state index >= 15 is 0 Å². The van der Waals surface area contributed by atoms with Gasteiger partial charge in [0.05, 0.1) is 17.4 Å². The van der Waals surface area contributed by atoms with Gasteiger partial charge in [0.15, 0.2) is 5.65 Å². The number of carbonyl (C=O) groups is 2. The number of benzene rings is 2. The Bertz CT molecular complexity index is 1460. The van der Waals surface area contributed by atoms with Crippen LogP contribution in [0.2, 0.25) is 0 Å². The summed E-state index contributed by atoms with van der Waals surface area (Å²) < 4.78 is 41.3. The number of carbonyl (C=O) groups excluding carboxylic acids is 2. The van der Waals surface area contributed by atoms with Gasteiger partial charge >= 0.3 is 6.18 Å². The molecule has 174 valence electrons. The summed E-state index contributed by atoms with van der Waals surface area (Å²) >= 11 is 0. The number of amides is 2. The lowest BCUT2D eigenvalue weighted by Crippen LogP contribution is -2.27. The van der Waals surface area contributed by atoms with Gasteiger partial charge in [-0.25, -0.2) is 9.67 Å². The highest BCUT2D eigenvalue weighted by Gasteiger charge is 2.30. The molecule has 12 heteroatoms. The minimum atomic E-state index is -4.53. The Morgan fingerprint density at radius 2 is 1.74 bits per heavy atom. The predicted molar refractivity (Wildman–Crippen MR) is 118 cm³/mol. The van der Waals surface area contributed by atoms with Crippen molar-refractivity contribution in [1.29, 1.82) is 0 Å². The van der Waals surface area contributed by atoms with Gasteiger partial charge in [0, 0.05) is 18.3 Å². The van der Waals surface area contributed by atoms with E-state index in [-0.39, 0.29) is 29.2 Å². The first-order valence-corrected chi connectivity index (χ1v) is 9.90. The molecule has 4 aromatic rings. The summed E-state index contributed by atoms with van der Waals surface area (Å²) in [6.45, 7) is 0.997. The maximum absolute atomic E-state index is 13.0. The summed E-state index contributed by atoms with van der Waals surface area (Å²) in [7, 11) is 0. The van der Waals surface area contributed by atoms with E-state index in [1.54, 1.807) is 24.3 Å². The molecular weight excluding hydrogens is 453 g/mol. The summed E-state index contributed by atoms with van der Waals surface area (Å²) in [4.78, 5) is 40.6. The molecule has 0 aliphatic heterocycles. The fourth-order valence-corrected chi connectivity index (χ4v) is 3.30. The van der Waals surface area contributed by atoms with Gasteiger partial charge in [-0.1, -0.05) is 12.1 Å². The second kappa shape index (κ2) is 8.81. The molecular formula is C22H17F3N6O3. The summed E-state index contributed by atoms with van der Waals surface area (Å²) in [6.07, 6.45) is -2.21. The molecule has 0 radical (unpaired) electrons. The first-order chi connectivity index (χ1) is 16.1. The topological polar surface area (TPSA) is 111 Å². The van der Waals surface area contributed by atoms with E-state index in [2.05, 4.69) is 20.7 Å². The van der Waals surface area contributed by atoms with Gasteiger partial charge in [0.2, 0.25) is 11.8 Å². The summed E-state index contributed by atoms with van der Waals surface area (Å²) in [5.74, 6) is -0.784. The van der Waals surface area contributed by atoms with Crippen LogP contribution in [0.4, 0.5) is 24.5 Å². The quantitative estimate of drug-likeness (QED) is 0.466. The molecule has 0 aliphatic rings. The maximum atomic E-state index is 13.0. The fourth-order valence-electron chi connectivity index (χ4n) is 3.30. The van der Waals surface area contributed by atoms with Crippen molar-refractivity contribution in [1.82, 2.24) is 19.3 Å². The monoisotopic (exact) mass is 470 g/mol. The van der Waals surface area contributed by atoms with Crippen LogP contribution in [0.25, 0.3) is 16.7 Å². The van der Waals surface area contributed by atoms with Crippen molar-refractivity contribution in [3.05, 3.63) is 77.0 Å². The second-order valence-electron chi connectivity index (χ2n) is 7.33. The zero-order valence-corrected chi connectivity index (χ0v) is 17.6. The van der Waals surface area contributed by atoms with E-state index in [9.17, 15) is 27.6 Å². The van der Waals surface area contributed by atoms with Gasteiger partial charge in [-0.3, -0.25) is 19.0 Å². The largest absolute Gasteiger partial charge is 0.416 e. The highest BCUT2D eigenvalue weighted by Crippen LogP contribution is 2.30. The first kappa shape index (κ1) is 22.7. The standard InChI is InChI=1S/C22H17F3N6O3/c1-13(32)28-15-5-3-6-16(9-15)29-19(33)11-30-12-26-20-18(21(30)34)10-27-31(20)17-7-2-4-14(8-17)22(23,24)25/h2-10,12H,11H2,1H3,(H,28,32)(H,29,33). The van der Waals surface area contributed by atoms with Gasteiger partial charge in [-0.15, -0.1) is 0 Å². The van der Waals surface area contributed by atoms with Crippen LogP contribution in [0.3, 0.4) is 0 Å². The second-order valence-corrected chi connectivity index (χ2v) is 7.33. The molecule has 2 heterocycles. The van der Waals surface area contributed by atoms with E-state index < -0.39 is 23.2 Å². The van der Waals surface area contributed by atoms with Crippen LogP contribution >= 0.6 is 0 Å². The van der Waals surface area contributed by atoms with E-state index in [0.717, 1.165) is 27.7 Å². The Labute approximate surface area is 189 Å². The minimum Gasteiger partial charge on any atom is -0.326 e. The zero-order valence-electron chi connectivity index (χ0n) is 17.6. The lowest BCUT2D eigenvalue weighted by molar-refractivity contribution is -0.137. The molecule has 0 aliphatic carbocycles. The average Bonchev–Trinajstić information content (AvgIpc) is 3.20. The molecule has 0 saturated carbocycles. The molecule has 2 aromatic carbocycles. The van der Waals surface area contributed by atoms with Crippen LogP contribution in [0.1, 0.15) is 12.5 Å². The van der Waals surface area contributed by atoms with Crippen LogP contribution in [0.5, 0.6) is 0 Å². The number of fused-ring (bicyclic) bond motifs is 1. The van der Waals surface area contributed by atoms with Crippen molar-refractivity contribution in [2.75, 3.05) is 10.6 Å². The van der Waals surface area contributed by atoms with Crippen molar-refractivity contribution in [3.8, 4) is 5.69 Å². The third-order valence-corrected chi connectivity index (χ3v) is 4.75. The van der Waals surface area contributed by atoms with E-state index in [0.29, 0.717) is 11.4 Å². The number of hydrogen-bond acceptors (Lipinski definition) is 5. The van der Waals surface area contributed by atoms with Crippen molar-refractivity contribution in [2.24, 2.45) is 0 Å². The van der Waals surface area contributed by atoms with Gasteiger partial charge in [-0.05, 0) is 36.4 Å². The number of alkyl halides is 3. The third-order valence-electron chi connectivity index (χ3n) is 4.75. The number of aromatic nitrogens is 4. The molecule has 0 unspecified atom stereocenters. The molecule has 0 saturated heterocycles. The molecule has 2 amide bonds. The number of nitrogens with one attached hydrogen (secondary N) is 2. The molecule has 0 spiro atoms. The van der Waals surface area contributed by atoms with Gasteiger partial charge in [0.1, 0.15) is 18.3 Å². The maximum Gasteiger partial charge on any atom is 0.416 e. The molecule has 0 bridgehead atoms.